The minimum absolute atomic E-state index is 0.0442. The monoisotopic (exact) mass is 382 g/mol. The second-order valence-electron chi connectivity index (χ2n) is 7.05. The van der Waals surface area contributed by atoms with E-state index < -0.39 is 23.8 Å². The summed E-state index contributed by atoms with van der Waals surface area (Å²) in [6.07, 6.45) is 8.06. The fraction of sp³-hybridized carbons (Fsp3) is 0.579. The molecule has 0 fully saturated rings. The van der Waals surface area contributed by atoms with Crippen LogP contribution in [0.5, 0.6) is 0 Å². The van der Waals surface area contributed by atoms with Crippen molar-refractivity contribution in [3.63, 3.8) is 0 Å². The molecule has 8 heteroatoms. The number of nitrogens with one attached hydrogen (secondary N) is 2. The van der Waals surface area contributed by atoms with Crippen LogP contribution in [0, 0.1) is 17.8 Å². The van der Waals surface area contributed by atoms with E-state index in [4.69, 9.17) is 16.6 Å². The average Bonchev–Trinajstić information content (AvgIpc) is 2.63. The fourth-order valence-electron chi connectivity index (χ4n) is 2.57. The zero-order valence-corrected chi connectivity index (χ0v) is 16.0. The van der Waals surface area contributed by atoms with Gasteiger partial charge in [0, 0.05) is 24.8 Å². The Hall–Kier alpha value is -2.19. The van der Waals surface area contributed by atoms with Gasteiger partial charge in [-0.2, -0.15) is 0 Å². The highest BCUT2D eigenvalue weighted by Crippen LogP contribution is 2.19. The van der Waals surface area contributed by atoms with Crippen LogP contribution in [-0.2, 0) is 4.79 Å². The maximum Gasteiger partial charge on any atom is 0.312 e. The van der Waals surface area contributed by atoms with Crippen molar-refractivity contribution in [2.45, 2.75) is 39.2 Å². The highest BCUT2D eigenvalue weighted by Gasteiger charge is 2.21. The summed E-state index contributed by atoms with van der Waals surface area (Å²) >= 11 is 0. The third kappa shape index (κ3) is 8.36. The van der Waals surface area contributed by atoms with Crippen molar-refractivity contribution in [2.75, 3.05) is 13.2 Å². The molecule has 7 N–H and O–H groups in total. The highest BCUT2D eigenvalue weighted by molar-refractivity contribution is 5.82. The molecule has 152 valence electrons. The first-order valence-corrected chi connectivity index (χ1v) is 9.20. The van der Waals surface area contributed by atoms with E-state index in [1.807, 2.05) is 12.2 Å². The Morgan fingerprint density at radius 3 is 2.67 bits per heavy atom. The smallest absolute Gasteiger partial charge is 0.312 e. The molecule has 7 nitrogen and oxygen atoms in total. The molecule has 0 bridgehead atoms. The van der Waals surface area contributed by atoms with Crippen LogP contribution in [0.2, 0.25) is 0 Å². The number of hydrogen-bond acceptors (Lipinski definition) is 4. The number of hydrogen-bond donors (Lipinski definition) is 5. The summed E-state index contributed by atoms with van der Waals surface area (Å²) in [4.78, 5) is 23.4. The third-order valence-electron chi connectivity index (χ3n) is 4.42. The Balaban J connectivity index is 2.78. The second kappa shape index (κ2) is 11.5. The molecule has 1 rings (SSSR count). The van der Waals surface area contributed by atoms with E-state index in [1.54, 1.807) is 19.9 Å². The maximum atomic E-state index is 14.4. The van der Waals surface area contributed by atoms with Gasteiger partial charge in [-0.05, 0) is 37.3 Å². The standard InChI is InChI=1S/C19H31FN4O3/c1-12(2)17(21)16(20)10-14(4-3-9-23-19(22)27)18(26)24-15-7-5-13(11-25)6-8-15/h5,7-8,10,12-14,17,25H,3-4,6,9,11,21H2,1-2H3,(H,24,26)(H3,22,23,27). The van der Waals surface area contributed by atoms with Crippen LogP contribution in [0.1, 0.15) is 33.1 Å². The third-order valence-corrected chi connectivity index (χ3v) is 4.42. The molecule has 3 amide bonds. The molecular weight excluding hydrogens is 351 g/mol. The van der Waals surface area contributed by atoms with Gasteiger partial charge in [-0.1, -0.05) is 26.0 Å². The first kappa shape index (κ1) is 22.9. The molecule has 0 saturated carbocycles. The number of carbonyl (C=O) groups is 2. The van der Waals surface area contributed by atoms with E-state index in [0.29, 0.717) is 31.5 Å². The largest absolute Gasteiger partial charge is 0.396 e. The van der Waals surface area contributed by atoms with Gasteiger partial charge in [0.25, 0.3) is 0 Å². The molecule has 0 aromatic heterocycles. The molecule has 0 saturated heterocycles. The van der Waals surface area contributed by atoms with Gasteiger partial charge in [-0.3, -0.25) is 4.79 Å². The topological polar surface area (TPSA) is 130 Å². The zero-order chi connectivity index (χ0) is 20.4. The number of halogens is 1. The van der Waals surface area contributed by atoms with Crippen LogP contribution in [0.25, 0.3) is 0 Å². The molecule has 3 atom stereocenters. The first-order valence-electron chi connectivity index (χ1n) is 9.20. The fourth-order valence-corrected chi connectivity index (χ4v) is 2.57. The molecule has 27 heavy (non-hydrogen) atoms. The van der Waals surface area contributed by atoms with Crippen LogP contribution < -0.4 is 22.1 Å². The predicted octanol–water partition coefficient (Wildman–Crippen LogP) is 1.46. The molecule has 0 heterocycles. The Labute approximate surface area is 159 Å². The van der Waals surface area contributed by atoms with E-state index in [0.717, 1.165) is 0 Å². The lowest BCUT2D eigenvalue weighted by atomic mass is 9.96. The van der Waals surface area contributed by atoms with E-state index in [2.05, 4.69) is 10.6 Å². The predicted molar refractivity (Wildman–Crippen MR) is 103 cm³/mol. The van der Waals surface area contributed by atoms with Gasteiger partial charge in [-0.15, -0.1) is 0 Å². The molecular formula is C19H31FN4O3. The van der Waals surface area contributed by atoms with Crippen molar-refractivity contribution in [2.24, 2.45) is 29.2 Å². The molecule has 1 aliphatic carbocycles. The Morgan fingerprint density at radius 1 is 1.44 bits per heavy atom. The molecule has 0 aliphatic heterocycles. The molecule has 3 unspecified atom stereocenters. The highest BCUT2D eigenvalue weighted by atomic mass is 19.1. The Morgan fingerprint density at radius 2 is 2.15 bits per heavy atom. The van der Waals surface area contributed by atoms with Crippen LogP contribution in [-0.4, -0.2) is 36.2 Å². The molecule has 0 radical (unpaired) electrons. The number of aliphatic hydroxyl groups excluding tert-OH is 1. The van der Waals surface area contributed by atoms with Crippen LogP contribution >= 0.6 is 0 Å². The van der Waals surface area contributed by atoms with Crippen LogP contribution in [0.3, 0.4) is 0 Å². The van der Waals surface area contributed by atoms with Crippen molar-refractivity contribution in [1.29, 1.82) is 0 Å². The number of allylic oxidation sites excluding steroid dienone is 2. The molecule has 0 aromatic rings. The van der Waals surface area contributed by atoms with Gasteiger partial charge in [-0.25, -0.2) is 9.18 Å². The van der Waals surface area contributed by atoms with Crippen molar-refractivity contribution < 1.29 is 19.1 Å². The van der Waals surface area contributed by atoms with Gasteiger partial charge >= 0.3 is 6.03 Å². The summed E-state index contributed by atoms with van der Waals surface area (Å²) in [5.74, 6) is -1.65. The Kier molecular flexibility index (Phi) is 9.74. The van der Waals surface area contributed by atoms with Crippen molar-refractivity contribution >= 4 is 11.9 Å². The SMILES string of the molecule is CC(C)C(N)C(F)=CC(CCCNC(N)=O)C(=O)NC1=CCC(CO)C=C1. The minimum Gasteiger partial charge on any atom is -0.396 e. The number of rotatable bonds is 10. The minimum atomic E-state index is -0.775. The average molecular weight is 382 g/mol. The van der Waals surface area contributed by atoms with Crippen molar-refractivity contribution in [1.82, 2.24) is 10.6 Å². The lowest BCUT2D eigenvalue weighted by molar-refractivity contribution is -0.123. The summed E-state index contributed by atoms with van der Waals surface area (Å²) in [7, 11) is 0. The zero-order valence-electron chi connectivity index (χ0n) is 16.0. The van der Waals surface area contributed by atoms with Gasteiger partial charge in [0.15, 0.2) is 0 Å². The van der Waals surface area contributed by atoms with Gasteiger partial charge in [0.05, 0.1) is 12.0 Å². The number of amides is 3. The number of primary amides is 1. The number of carbonyl (C=O) groups excluding carboxylic acids is 2. The second-order valence-corrected chi connectivity index (χ2v) is 7.05. The van der Waals surface area contributed by atoms with E-state index in [-0.39, 0.29) is 24.3 Å². The van der Waals surface area contributed by atoms with Crippen molar-refractivity contribution in [3.05, 3.63) is 35.8 Å². The Bertz CT molecular complexity index is 602. The first-order chi connectivity index (χ1) is 12.7. The summed E-state index contributed by atoms with van der Waals surface area (Å²) < 4.78 is 14.4. The summed E-state index contributed by atoms with van der Waals surface area (Å²) in [6, 6.07) is -1.42. The maximum absolute atomic E-state index is 14.4. The lowest BCUT2D eigenvalue weighted by Gasteiger charge is -2.19. The van der Waals surface area contributed by atoms with E-state index in [9.17, 15) is 14.0 Å². The van der Waals surface area contributed by atoms with Crippen LogP contribution in [0.15, 0.2) is 35.8 Å². The molecule has 0 spiro atoms. The number of urea groups is 1. The quantitative estimate of drug-likeness (QED) is 0.366. The summed E-state index contributed by atoms with van der Waals surface area (Å²) in [6.45, 7) is 3.95. The lowest BCUT2D eigenvalue weighted by Crippen LogP contribution is -2.33. The van der Waals surface area contributed by atoms with Crippen LogP contribution in [0.4, 0.5) is 9.18 Å². The summed E-state index contributed by atoms with van der Waals surface area (Å²) in [5, 5.41) is 14.4. The molecule has 0 aromatic carbocycles. The van der Waals surface area contributed by atoms with Gasteiger partial charge in [0.2, 0.25) is 5.91 Å². The van der Waals surface area contributed by atoms with E-state index >= 15 is 0 Å². The van der Waals surface area contributed by atoms with Crippen molar-refractivity contribution in [3.8, 4) is 0 Å². The van der Waals surface area contributed by atoms with E-state index in [1.165, 1.54) is 6.08 Å². The number of aliphatic hydroxyl groups is 1. The normalized spacial score (nSPS) is 19.4. The van der Waals surface area contributed by atoms with Gasteiger partial charge in [0.1, 0.15) is 5.83 Å². The summed E-state index contributed by atoms with van der Waals surface area (Å²) in [5.41, 5.74) is 11.5. The number of nitrogens with two attached hydrogens (primary N) is 2. The van der Waals surface area contributed by atoms with Gasteiger partial charge < -0.3 is 27.2 Å². The molecule has 1 aliphatic rings.